The van der Waals surface area contributed by atoms with Crippen LogP contribution < -0.4 is 0 Å². The average Bonchev–Trinajstić information content (AvgIpc) is 2.63. The summed E-state index contributed by atoms with van der Waals surface area (Å²) in [4.78, 5) is 46.9. The van der Waals surface area contributed by atoms with Crippen molar-refractivity contribution in [3.8, 4) is 0 Å². The third-order valence-electron chi connectivity index (χ3n) is 2.85. The zero-order valence-electron chi connectivity index (χ0n) is 10.9. The first-order chi connectivity index (χ1) is 9.50. The molecule has 1 aliphatic heterocycles. The maximum absolute atomic E-state index is 12.0. The Morgan fingerprint density at radius 1 is 1.10 bits per heavy atom. The molecule has 0 aliphatic carbocycles. The quantitative estimate of drug-likeness (QED) is 0.451. The molecule has 0 aromatic heterocycles. The van der Waals surface area contributed by atoms with Crippen LogP contribution in [0, 0.1) is 0 Å². The molecule has 6 heteroatoms. The van der Waals surface area contributed by atoms with Crippen molar-refractivity contribution in [2.24, 2.45) is 0 Å². The van der Waals surface area contributed by atoms with Crippen molar-refractivity contribution in [2.75, 3.05) is 13.2 Å². The first-order valence-corrected chi connectivity index (χ1v) is 6.11. The molecule has 0 bridgehead atoms. The fraction of sp³-hybridized carbons (Fsp3) is 0.286. The average molecular weight is 275 g/mol. The molecule has 1 aliphatic rings. The number of imide groups is 1. The number of nitrogens with zero attached hydrogens (tertiary/aromatic N) is 1. The normalized spacial score (nSPS) is 13.3. The summed E-state index contributed by atoms with van der Waals surface area (Å²) in [5.74, 6) is -1.74. The van der Waals surface area contributed by atoms with E-state index >= 15 is 0 Å². The van der Waals surface area contributed by atoms with Crippen LogP contribution in [0.1, 0.15) is 34.1 Å². The van der Waals surface area contributed by atoms with E-state index < -0.39 is 17.8 Å². The molecular weight excluding hydrogens is 262 g/mol. The fourth-order valence-electron chi connectivity index (χ4n) is 1.95. The molecule has 0 unspecified atom stereocenters. The lowest BCUT2D eigenvalue weighted by Crippen LogP contribution is -2.33. The van der Waals surface area contributed by atoms with E-state index in [9.17, 15) is 19.2 Å². The lowest BCUT2D eigenvalue weighted by Gasteiger charge is -2.13. The van der Waals surface area contributed by atoms with Crippen LogP contribution in [0.4, 0.5) is 0 Å². The minimum Gasteiger partial charge on any atom is -0.463 e. The lowest BCUT2D eigenvalue weighted by molar-refractivity contribution is -0.145. The van der Waals surface area contributed by atoms with Gasteiger partial charge in [0.1, 0.15) is 18.8 Å². The monoisotopic (exact) mass is 275 g/mol. The highest BCUT2D eigenvalue weighted by Crippen LogP contribution is 2.21. The van der Waals surface area contributed by atoms with Gasteiger partial charge in [-0.2, -0.15) is 0 Å². The van der Waals surface area contributed by atoms with Gasteiger partial charge in [-0.3, -0.25) is 24.1 Å². The van der Waals surface area contributed by atoms with Crippen molar-refractivity contribution in [2.45, 2.75) is 13.3 Å². The van der Waals surface area contributed by atoms with Crippen molar-refractivity contribution in [3.05, 3.63) is 35.4 Å². The van der Waals surface area contributed by atoms with Crippen molar-refractivity contribution in [1.82, 2.24) is 4.90 Å². The number of hydrogen-bond acceptors (Lipinski definition) is 5. The topological polar surface area (TPSA) is 80.8 Å². The van der Waals surface area contributed by atoms with E-state index in [-0.39, 0.29) is 25.4 Å². The molecule has 0 atom stereocenters. The molecule has 0 radical (unpaired) electrons. The molecule has 0 saturated heterocycles. The van der Waals surface area contributed by atoms with Crippen molar-refractivity contribution in [3.63, 3.8) is 0 Å². The Hall–Kier alpha value is -2.50. The van der Waals surface area contributed by atoms with Gasteiger partial charge in [0.05, 0.1) is 17.7 Å². The van der Waals surface area contributed by atoms with Crippen LogP contribution in [0.5, 0.6) is 0 Å². The summed E-state index contributed by atoms with van der Waals surface area (Å²) in [7, 11) is 0. The van der Waals surface area contributed by atoms with Crippen LogP contribution in [0.2, 0.25) is 0 Å². The highest BCUT2D eigenvalue weighted by Gasteiger charge is 2.34. The van der Waals surface area contributed by atoms with Crippen LogP contribution in [0.3, 0.4) is 0 Å². The Labute approximate surface area is 115 Å². The summed E-state index contributed by atoms with van der Waals surface area (Å²) < 4.78 is 4.80. The molecule has 6 nitrogen and oxygen atoms in total. The SMILES string of the molecule is CC(=O)CC(=O)OCCN1C(=O)c2ccccc2C1=O. The number of carbonyl (C=O) groups is 4. The van der Waals surface area contributed by atoms with E-state index in [1.807, 2.05) is 0 Å². The highest BCUT2D eigenvalue weighted by atomic mass is 16.5. The molecule has 1 aromatic carbocycles. The number of fused-ring (bicyclic) bond motifs is 1. The molecule has 0 fully saturated rings. The molecule has 2 rings (SSSR count). The number of ketones is 1. The zero-order chi connectivity index (χ0) is 14.7. The minimum atomic E-state index is -0.658. The molecule has 104 valence electrons. The van der Waals surface area contributed by atoms with Gasteiger partial charge in [-0.15, -0.1) is 0 Å². The van der Waals surface area contributed by atoms with Crippen LogP contribution in [0.25, 0.3) is 0 Å². The van der Waals surface area contributed by atoms with Gasteiger partial charge in [0.2, 0.25) is 0 Å². The van der Waals surface area contributed by atoms with Crippen LogP contribution >= 0.6 is 0 Å². The predicted octanol–water partition coefficient (Wildman–Crippen LogP) is 0.805. The van der Waals surface area contributed by atoms with Gasteiger partial charge >= 0.3 is 5.97 Å². The van der Waals surface area contributed by atoms with Gasteiger partial charge in [-0.05, 0) is 19.1 Å². The van der Waals surface area contributed by atoms with Gasteiger partial charge in [0.25, 0.3) is 11.8 Å². The van der Waals surface area contributed by atoms with Gasteiger partial charge < -0.3 is 4.74 Å². The highest BCUT2D eigenvalue weighted by molar-refractivity contribution is 6.21. The molecule has 1 aromatic rings. The summed E-state index contributed by atoms with van der Waals surface area (Å²) in [6.45, 7) is 1.15. The van der Waals surface area contributed by atoms with Gasteiger partial charge in [0.15, 0.2) is 0 Å². The second kappa shape index (κ2) is 5.64. The Bertz CT molecular complexity index is 558. The molecule has 0 saturated carbocycles. The predicted molar refractivity (Wildman–Crippen MR) is 68.1 cm³/mol. The largest absolute Gasteiger partial charge is 0.463 e. The summed E-state index contributed by atoms with van der Waals surface area (Å²) in [5, 5.41) is 0. The van der Waals surface area contributed by atoms with E-state index in [2.05, 4.69) is 0 Å². The second-order valence-corrected chi connectivity index (χ2v) is 4.41. The number of benzene rings is 1. The van der Waals surface area contributed by atoms with Crippen molar-refractivity contribution >= 4 is 23.6 Å². The number of rotatable bonds is 5. The molecule has 0 N–H and O–H groups in total. The Morgan fingerprint density at radius 2 is 1.65 bits per heavy atom. The zero-order valence-corrected chi connectivity index (χ0v) is 10.9. The molecule has 20 heavy (non-hydrogen) atoms. The molecule has 0 spiro atoms. The summed E-state index contributed by atoms with van der Waals surface area (Å²) in [5.41, 5.74) is 0.708. The maximum Gasteiger partial charge on any atom is 0.313 e. The first kappa shape index (κ1) is 13.9. The molecule has 1 heterocycles. The third-order valence-corrected chi connectivity index (χ3v) is 2.85. The van der Waals surface area contributed by atoms with Crippen LogP contribution in [-0.4, -0.2) is 41.6 Å². The summed E-state index contributed by atoms with van der Waals surface area (Å²) in [6, 6.07) is 6.52. The standard InChI is InChI=1S/C14H13NO5/c1-9(16)8-12(17)20-7-6-15-13(18)10-4-2-3-5-11(10)14(15)19/h2-5H,6-8H2,1H3. The van der Waals surface area contributed by atoms with Gasteiger partial charge in [-0.25, -0.2) is 0 Å². The van der Waals surface area contributed by atoms with Crippen LogP contribution in [0.15, 0.2) is 24.3 Å². The lowest BCUT2D eigenvalue weighted by atomic mass is 10.1. The number of ether oxygens (including phenoxy) is 1. The van der Waals surface area contributed by atoms with Gasteiger partial charge in [-0.1, -0.05) is 12.1 Å². The smallest absolute Gasteiger partial charge is 0.313 e. The minimum absolute atomic E-state index is 0.0179. The van der Waals surface area contributed by atoms with E-state index in [1.54, 1.807) is 24.3 Å². The summed E-state index contributed by atoms with van der Waals surface area (Å²) >= 11 is 0. The van der Waals surface area contributed by atoms with Gasteiger partial charge in [0, 0.05) is 0 Å². The van der Waals surface area contributed by atoms with Crippen molar-refractivity contribution in [1.29, 1.82) is 0 Å². The molecule has 2 amide bonds. The number of Topliss-reactive ketones (excluding diaryl/α,β-unsaturated/α-hetero) is 1. The number of amides is 2. The number of esters is 1. The van der Waals surface area contributed by atoms with Crippen molar-refractivity contribution < 1.29 is 23.9 Å². The van der Waals surface area contributed by atoms with Crippen LogP contribution in [-0.2, 0) is 14.3 Å². The number of hydrogen-bond donors (Lipinski definition) is 0. The Kier molecular flexibility index (Phi) is 3.93. The fourth-order valence-corrected chi connectivity index (χ4v) is 1.95. The Morgan fingerprint density at radius 3 is 2.15 bits per heavy atom. The second-order valence-electron chi connectivity index (χ2n) is 4.41. The number of carbonyl (C=O) groups excluding carboxylic acids is 4. The summed E-state index contributed by atoms with van der Waals surface area (Å²) in [6.07, 6.45) is -0.303. The van der Waals surface area contributed by atoms with E-state index in [4.69, 9.17) is 4.74 Å². The molecular formula is C14H13NO5. The third kappa shape index (κ3) is 2.74. The van der Waals surface area contributed by atoms with E-state index in [0.29, 0.717) is 11.1 Å². The van der Waals surface area contributed by atoms with E-state index in [1.165, 1.54) is 6.92 Å². The van der Waals surface area contributed by atoms with E-state index in [0.717, 1.165) is 4.90 Å². The Balaban J connectivity index is 1.93. The first-order valence-electron chi connectivity index (χ1n) is 6.11. The maximum atomic E-state index is 12.0.